The van der Waals surface area contributed by atoms with Crippen molar-refractivity contribution >= 4 is 21.4 Å². The van der Waals surface area contributed by atoms with Gasteiger partial charge in [-0.05, 0) is 30.2 Å². The van der Waals surface area contributed by atoms with Crippen LogP contribution in [0.4, 0.5) is 5.69 Å². The molecule has 0 fully saturated rings. The lowest BCUT2D eigenvalue weighted by atomic mass is 10.1. The van der Waals surface area contributed by atoms with Crippen molar-refractivity contribution < 1.29 is 13.2 Å². The summed E-state index contributed by atoms with van der Waals surface area (Å²) in [5.74, 6) is -1.09. The van der Waals surface area contributed by atoms with Gasteiger partial charge in [0.05, 0.1) is 4.90 Å². The number of para-hydroxylation sites is 1. The summed E-state index contributed by atoms with van der Waals surface area (Å²) in [4.78, 5) is 12.1. The van der Waals surface area contributed by atoms with E-state index in [0.717, 1.165) is 12.0 Å². The summed E-state index contributed by atoms with van der Waals surface area (Å²) < 4.78 is 24.3. The van der Waals surface area contributed by atoms with Crippen LogP contribution < -0.4 is 5.32 Å². The summed E-state index contributed by atoms with van der Waals surface area (Å²) in [7, 11) is -3.61. The second-order valence-electron chi connectivity index (χ2n) is 4.63. The molecule has 0 saturated carbocycles. The molecule has 1 N–H and O–H groups in total. The first-order valence-electron chi connectivity index (χ1n) is 6.68. The van der Waals surface area contributed by atoms with Gasteiger partial charge >= 0.3 is 0 Å². The van der Waals surface area contributed by atoms with Gasteiger partial charge in [-0.3, -0.25) is 4.79 Å². The molecule has 4 nitrogen and oxygen atoms in total. The van der Waals surface area contributed by atoms with Crippen molar-refractivity contribution in [3.05, 3.63) is 60.2 Å². The maximum atomic E-state index is 12.1. The topological polar surface area (TPSA) is 63.2 Å². The normalized spacial score (nSPS) is 11.1. The molecule has 0 heterocycles. The lowest BCUT2D eigenvalue weighted by Gasteiger charge is -2.10. The van der Waals surface area contributed by atoms with Gasteiger partial charge in [-0.15, -0.1) is 0 Å². The number of hydrogen-bond donors (Lipinski definition) is 1. The minimum absolute atomic E-state index is 0.156. The molecule has 0 unspecified atom stereocenters. The number of carbonyl (C=O) groups excluding carboxylic acids is 1. The van der Waals surface area contributed by atoms with Crippen LogP contribution in [0.3, 0.4) is 0 Å². The summed E-state index contributed by atoms with van der Waals surface area (Å²) in [5.41, 5.74) is 1.64. The Bertz CT molecular complexity index is 724. The SMILES string of the molecule is CCc1ccccc1NC(=O)CS(=O)(=O)c1ccccc1. The van der Waals surface area contributed by atoms with Crippen LogP contribution in [0.5, 0.6) is 0 Å². The van der Waals surface area contributed by atoms with E-state index in [1.165, 1.54) is 12.1 Å². The third kappa shape index (κ3) is 3.92. The molecule has 0 aliphatic heterocycles. The number of nitrogens with one attached hydrogen (secondary N) is 1. The Morgan fingerprint density at radius 3 is 2.29 bits per heavy atom. The van der Waals surface area contributed by atoms with Crippen LogP contribution in [-0.4, -0.2) is 20.1 Å². The van der Waals surface area contributed by atoms with Crippen molar-refractivity contribution in [1.82, 2.24) is 0 Å². The Balaban J connectivity index is 2.12. The average Bonchev–Trinajstić information content (AvgIpc) is 2.48. The van der Waals surface area contributed by atoms with Crippen LogP contribution in [-0.2, 0) is 21.1 Å². The van der Waals surface area contributed by atoms with Gasteiger partial charge in [0.25, 0.3) is 0 Å². The minimum atomic E-state index is -3.61. The molecule has 21 heavy (non-hydrogen) atoms. The fraction of sp³-hybridized carbons (Fsp3) is 0.188. The first-order valence-corrected chi connectivity index (χ1v) is 8.33. The zero-order valence-corrected chi connectivity index (χ0v) is 12.6. The number of amides is 1. The Kier molecular flexibility index (Phi) is 4.75. The number of anilines is 1. The fourth-order valence-electron chi connectivity index (χ4n) is 2.02. The van der Waals surface area contributed by atoms with Gasteiger partial charge in [0.15, 0.2) is 9.84 Å². The number of hydrogen-bond acceptors (Lipinski definition) is 3. The third-order valence-corrected chi connectivity index (χ3v) is 4.73. The lowest BCUT2D eigenvalue weighted by Crippen LogP contribution is -2.23. The van der Waals surface area contributed by atoms with E-state index in [2.05, 4.69) is 5.32 Å². The standard InChI is InChI=1S/C16H17NO3S/c1-2-13-8-6-7-11-15(13)17-16(18)12-21(19,20)14-9-4-3-5-10-14/h3-11H,2,12H2,1H3,(H,17,18). The molecule has 0 aliphatic rings. The molecule has 0 aromatic heterocycles. The van der Waals surface area contributed by atoms with E-state index in [0.29, 0.717) is 5.69 Å². The Labute approximate surface area is 124 Å². The molecule has 1 amide bonds. The van der Waals surface area contributed by atoms with Gasteiger partial charge in [0, 0.05) is 5.69 Å². The highest BCUT2D eigenvalue weighted by molar-refractivity contribution is 7.92. The molecule has 2 aromatic rings. The summed E-state index contributed by atoms with van der Waals surface area (Å²) in [6.45, 7) is 1.98. The number of rotatable bonds is 5. The second-order valence-corrected chi connectivity index (χ2v) is 6.62. The van der Waals surface area contributed by atoms with Gasteiger partial charge in [-0.25, -0.2) is 8.42 Å². The van der Waals surface area contributed by atoms with Crippen molar-refractivity contribution in [2.75, 3.05) is 11.1 Å². The molecule has 0 saturated heterocycles. The van der Waals surface area contributed by atoms with Gasteiger partial charge < -0.3 is 5.32 Å². The number of benzene rings is 2. The maximum absolute atomic E-state index is 12.1. The Hall–Kier alpha value is -2.14. The van der Waals surface area contributed by atoms with Crippen LogP contribution in [0.15, 0.2) is 59.5 Å². The zero-order chi connectivity index (χ0) is 15.3. The van der Waals surface area contributed by atoms with Crippen LogP contribution in [0.2, 0.25) is 0 Å². The predicted molar refractivity (Wildman–Crippen MR) is 82.9 cm³/mol. The minimum Gasteiger partial charge on any atom is -0.325 e. The van der Waals surface area contributed by atoms with Gasteiger partial charge in [-0.1, -0.05) is 43.3 Å². The van der Waals surface area contributed by atoms with E-state index in [9.17, 15) is 13.2 Å². The van der Waals surface area contributed by atoms with E-state index < -0.39 is 21.5 Å². The van der Waals surface area contributed by atoms with E-state index in [-0.39, 0.29) is 4.90 Å². The molecule has 0 radical (unpaired) electrons. The van der Waals surface area contributed by atoms with E-state index in [4.69, 9.17) is 0 Å². The van der Waals surface area contributed by atoms with Gasteiger partial charge in [0.2, 0.25) is 5.91 Å². The van der Waals surface area contributed by atoms with Crippen molar-refractivity contribution in [2.24, 2.45) is 0 Å². The molecule has 110 valence electrons. The summed E-state index contributed by atoms with van der Waals surface area (Å²) in [5, 5.41) is 2.67. The molecular formula is C16H17NO3S. The Morgan fingerprint density at radius 1 is 1.00 bits per heavy atom. The van der Waals surface area contributed by atoms with Crippen molar-refractivity contribution in [1.29, 1.82) is 0 Å². The van der Waals surface area contributed by atoms with Crippen molar-refractivity contribution in [3.8, 4) is 0 Å². The maximum Gasteiger partial charge on any atom is 0.239 e. The van der Waals surface area contributed by atoms with Gasteiger partial charge in [0.1, 0.15) is 5.75 Å². The fourth-order valence-corrected chi connectivity index (χ4v) is 3.18. The zero-order valence-electron chi connectivity index (χ0n) is 11.7. The van der Waals surface area contributed by atoms with E-state index in [1.807, 2.05) is 19.1 Å². The first-order chi connectivity index (χ1) is 10.0. The largest absolute Gasteiger partial charge is 0.325 e. The number of carbonyl (C=O) groups is 1. The van der Waals surface area contributed by atoms with Crippen LogP contribution in [0.1, 0.15) is 12.5 Å². The van der Waals surface area contributed by atoms with Crippen molar-refractivity contribution in [2.45, 2.75) is 18.2 Å². The molecule has 2 rings (SSSR count). The number of aryl methyl sites for hydroxylation is 1. The van der Waals surface area contributed by atoms with Crippen molar-refractivity contribution in [3.63, 3.8) is 0 Å². The summed E-state index contributed by atoms with van der Waals surface area (Å²) in [6.07, 6.45) is 0.766. The highest BCUT2D eigenvalue weighted by Gasteiger charge is 2.19. The quantitative estimate of drug-likeness (QED) is 0.923. The van der Waals surface area contributed by atoms with Crippen LogP contribution in [0, 0.1) is 0 Å². The number of sulfone groups is 1. The molecule has 0 atom stereocenters. The Morgan fingerprint density at radius 2 is 1.62 bits per heavy atom. The highest BCUT2D eigenvalue weighted by atomic mass is 32.2. The molecular weight excluding hydrogens is 286 g/mol. The summed E-state index contributed by atoms with van der Waals surface area (Å²) >= 11 is 0. The summed E-state index contributed by atoms with van der Waals surface area (Å²) in [6, 6.07) is 15.3. The molecule has 5 heteroatoms. The van der Waals surface area contributed by atoms with Crippen LogP contribution in [0.25, 0.3) is 0 Å². The van der Waals surface area contributed by atoms with E-state index >= 15 is 0 Å². The van der Waals surface area contributed by atoms with E-state index in [1.54, 1.807) is 30.3 Å². The third-order valence-electron chi connectivity index (χ3n) is 3.10. The highest BCUT2D eigenvalue weighted by Crippen LogP contribution is 2.16. The predicted octanol–water partition coefficient (Wildman–Crippen LogP) is 2.66. The first kappa shape index (κ1) is 15.3. The molecule has 0 spiro atoms. The second kappa shape index (κ2) is 6.54. The monoisotopic (exact) mass is 303 g/mol. The smallest absolute Gasteiger partial charge is 0.239 e. The molecule has 2 aromatic carbocycles. The molecule has 0 aliphatic carbocycles. The molecule has 0 bridgehead atoms. The van der Waals surface area contributed by atoms with Crippen LogP contribution >= 0.6 is 0 Å². The lowest BCUT2D eigenvalue weighted by molar-refractivity contribution is -0.113. The average molecular weight is 303 g/mol. The van der Waals surface area contributed by atoms with Gasteiger partial charge in [-0.2, -0.15) is 0 Å².